The van der Waals surface area contributed by atoms with Crippen LogP contribution in [0.15, 0.2) is 12.1 Å². The van der Waals surface area contributed by atoms with Crippen molar-refractivity contribution in [3.63, 3.8) is 0 Å². The molecule has 0 atom stereocenters. The van der Waals surface area contributed by atoms with Gasteiger partial charge in [0.15, 0.2) is 0 Å². The topological polar surface area (TPSA) is 18.5 Å². The van der Waals surface area contributed by atoms with Crippen LogP contribution in [0.4, 0.5) is 0 Å². The van der Waals surface area contributed by atoms with Crippen LogP contribution in [-0.4, -0.2) is 18.3 Å². The first-order chi connectivity index (χ1) is 8.89. The van der Waals surface area contributed by atoms with E-state index in [1.807, 2.05) is 0 Å². The predicted molar refractivity (Wildman–Crippen MR) is 83.2 cm³/mol. The Labute approximate surface area is 120 Å². The molecule has 0 radical (unpaired) electrons. The summed E-state index contributed by atoms with van der Waals surface area (Å²) in [6.07, 6.45) is 11.4. The summed E-state index contributed by atoms with van der Waals surface area (Å²) in [5, 5.41) is 0. The number of unbranched alkanes of at least 4 members (excludes halogenated alkanes) is 6. The van der Waals surface area contributed by atoms with Crippen molar-refractivity contribution >= 4 is 7.12 Å². The molecule has 0 N–H and O–H groups in total. The highest BCUT2D eigenvalue weighted by Crippen LogP contribution is 2.36. The SMILES string of the molecule is CCCCCCCC/C=C/B1OC(C)(C)C(C)(C)O1. The molecule has 1 rings (SSSR count). The Kier molecular flexibility index (Phi) is 6.62. The van der Waals surface area contributed by atoms with Crippen molar-refractivity contribution in [1.82, 2.24) is 0 Å². The number of hydrogen-bond acceptors (Lipinski definition) is 2. The molecular formula is C16H31BO2. The number of hydrogen-bond donors (Lipinski definition) is 0. The molecule has 1 aliphatic rings. The molecule has 2 nitrogen and oxygen atoms in total. The van der Waals surface area contributed by atoms with E-state index in [9.17, 15) is 0 Å². The molecule has 0 aliphatic carbocycles. The first-order valence-electron chi connectivity index (χ1n) is 7.91. The van der Waals surface area contributed by atoms with Crippen molar-refractivity contribution in [1.29, 1.82) is 0 Å². The van der Waals surface area contributed by atoms with Crippen LogP contribution in [0.1, 0.15) is 79.6 Å². The van der Waals surface area contributed by atoms with E-state index >= 15 is 0 Å². The third-order valence-electron chi connectivity index (χ3n) is 4.29. The van der Waals surface area contributed by atoms with Crippen LogP contribution in [0.3, 0.4) is 0 Å². The lowest BCUT2D eigenvalue weighted by Gasteiger charge is -2.32. The van der Waals surface area contributed by atoms with Crippen LogP contribution in [0.5, 0.6) is 0 Å². The van der Waals surface area contributed by atoms with Gasteiger partial charge in [-0.2, -0.15) is 0 Å². The lowest BCUT2D eigenvalue weighted by molar-refractivity contribution is 0.00578. The van der Waals surface area contributed by atoms with Crippen LogP contribution in [0.25, 0.3) is 0 Å². The molecule has 1 aliphatic heterocycles. The molecule has 1 fully saturated rings. The van der Waals surface area contributed by atoms with Gasteiger partial charge in [0, 0.05) is 0 Å². The smallest absolute Gasteiger partial charge is 0.400 e. The van der Waals surface area contributed by atoms with Gasteiger partial charge in [-0.1, -0.05) is 51.1 Å². The van der Waals surface area contributed by atoms with Gasteiger partial charge in [-0.25, -0.2) is 0 Å². The van der Waals surface area contributed by atoms with Crippen LogP contribution in [-0.2, 0) is 9.31 Å². The third-order valence-corrected chi connectivity index (χ3v) is 4.29. The highest BCUT2D eigenvalue weighted by Gasteiger charge is 2.49. The molecule has 1 saturated heterocycles. The molecule has 0 aromatic rings. The van der Waals surface area contributed by atoms with Gasteiger partial charge in [-0.3, -0.25) is 0 Å². The van der Waals surface area contributed by atoms with E-state index in [0.29, 0.717) is 0 Å². The van der Waals surface area contributed by atoms with Crippen molar-refractivity contribution in [2.24, 2.45) is 0 Å². The van der Waals surface area contributed by atoms with Gasteiger partial charge < -0.3 is 9.31 Å². The third kappa shape index (κ3) is 5.31. The van der Waals surface area contributed by atoms with Crippen molar-refractivity contribution in [2.45, 2.75) is 90.8 Å². The maximum atomic E-state index is 5.91. The fourth-order valence-electron chi connectivity index (χ4n) is 2.22. The Bertz CT molecular complexity index is 268. The molecule has 0 amide bonds. The molecule has 3 heteroatoms. The second kappa shape index (κ2) is 7.49. The quantitative estimate of drug-likeness (QED) is 0.458. The zero-order valence-corrected chi connectivity index (χ0v) is 13.5. The molecule has 0 bridgehead atoms. The summed E-state index contributed by atoms with van der Waals surface area (Å²) in [6.45, 7) is 10.6. The van der Waals surface area contributed by atoms with Crippen molar-refractivity contribution in [2.75, 3.05) is 0 Å². The summed E-state index contributed by atoms with van der Waals surface area (Å²) >= 11 is 0. The summed E-state index contributed by atoms with van der Waals surface area (Å²) in [6, 6.07) is 0. The minimum atomic E-state index is -0.220. The first-order valence-corrected chi connectivity index (χ1v) is 7.91. The molecule has 0 unspecified atom stereocenters. The lowest BCUT2D eigenvalue weighted by atomic mass is 9.89. The summed E-state index contributed by atoms with van der Waals surface area (Å²) in [4.78, 5) is 0. The van der Waals surface area contributed by atoms with Crippen LogP contribution in [0, 0.1) is 0 Å². The Morgan fingerprint density at radius 3 is 1.95 bits per heavy atom. The molecular weight excluding hydrogens is 235 g/mol. The van der Waals surface area contributed by atoms with Crippen LogP contribution < -0.4 is 0 Å². The number of rotatable bonds is 8. The minimum Gasteiger partial charge on any atom is -0.400 e. The average molecular weight is 266 g/mol. The molecule has 0 aromatic carbocycles. The minimum absolute atomic E-state index is 0.176. The standard InChI is InChI=1S/C16H31BO2/c1-6-7-8-9-10-11-12-13-14-17-18-15(2,3)16(4,5)19-17/h13-14H,6-12H2,1-5H3/b14-13+. The van der Waals surface area contributed by atoms with Crippen molar-refractivity contribution in [3.05, 3.63) is 12.1 Å². The summed E-state index contributed by atoms with van der Waals surface area (Å²) in [5.41, 5.74) is -0.440. The molecule has 110 valence electrons. The maximum absolute atomic E-state index is 5.91. The van der Waals surface area contributed by atoms with Gasteiger partial charge in [0.1, 0.15) is 0 Å². The highest BCUT2D eigenvalue weighted by molar-refractivity contribution is 6.51. The lowest BCUT2D eigenvalue weighted by Crippen LogP contribution is -2.41. The zero-order valence-electron chi connectivity index (χ0n) is 13.5. The predicted octanol–water partition coefficient (Wildman–Crippen LogP) is 4.92. The van der Waals surface area contributed by atoms with E-state index in [-0.39, 0.29) is 18.3 Å². The first kappa shape index (κ1) is 16.8. The van der Waals surface area contributed by atoms with E-state index < -0.39 is 0 Å². The van der Waals surface area contributed by atoms with E-state index in [0.717, 1.165) is 6.42 Å². The molecule has 0 spiro atoms. The average Bonchev–Trinajstić information content (AvgIpc) is 2.51. The summed E-state index contributed by atoms with van der Waals surface area (Å²) < 4.78 is 11.8. The maximum Gasteiger partial charge on any atom is 0.486 e. The van der Waals surface area contributed by atoms with Gasteiger partial charge in [-0.15, -0.1) is 0 Å². The molecule has 0 saturated carbocycles. The zero-order chi connectivity index (χ0) is 14.4. The van der Waals surface area contributed by atoms with Crippen LogP contribution in [0.2, 0.25) is 0 Å². The Morgan fingerprint density at radius 1 is 0.842 bits per heavy atom. The Balaban J connectivity index is 2.14. The van der Waals surface area contributed by atoms with E-state index in [1.54, 1.807) is 0 Å². The fraction of sp³-hybridized carbons (Fsp3) is 0.875. The largest absolute Gasteiger partial charge is 0.486 e. The normalized spacial score (nSPS) is 21.4. The van der Waals surface area contributed by atoms with Gasteiger partial charge >= 0.3 is 7.12 Å². The van der Waals surface area contributed by atoms with Crippen molar-refractivity contribution in [3.8, 4) is 0 Å². The van der Waals surface area contributed by atoms with Gasteiger partial charge in [-0.05, 0) is 40.5 Å². The monoisotopic (exact) mass is 266 g/mol. The Hall–Kier alpha value is -0.275. The van der Waals surface area contributed by atoms with Gasteiger partial charge in [0.05, 0.1) is 11.2 Å². The second-order valence-electron chi connectivity index (χ2n) is 6.61. The van der Waals surface area contributed by atoms with E-state index in [4.69, 9.17) is 9.31 Å². The second-order valence-corrected chi connectivity index (χ2v) is 6.61. The Morgan fingerprint density at radius 2 is 1.37 bits per heavy atom. The van der Waals surface area contributed by atoms with Gasteiger partial charge in [0.25, 0.3) is 0 Å². The van der Waals surface area contributed by atoms with Gasteiger partial charge in [0.2, 0.25) is 0 Å². The van der Waals surface area contributed by atoms with E-state index in [2.05, 4.69) is 46.7 Å². The molecule has 0 aromatic heterocycles. The summed E-state index contributed by atoms with van der Waals surface area (Å²) in [5.74, 6) is 2.07. The van der Waals surface area contributed by atoms with E-state index in [1.165, 1.54) is 38.5 Å². The highest BCUT2D eigenvalue weighted by atomic mass is 16.7. The fourth-order valence-corrected chi connectivity index (χ4v) is 2.22. The molecule has 1 heterocycles. The number of allylic oxidation sites excluding steroid dienone is 1. The summed E-state index contributed by atoms with van der Waals surface area (Å²) in [7, 11) is -0.176. The molecule has 19 heavy (non-hydrogen) atoms. The van der Waals surface area contributed by atoms with Crippen molar-refractivity contribution < 1.29 is 9.31 Å². The van der Waals surface area contributed by atoms with Crippen LogP contribution >= 0.6 is 0 Å².